The highest BCUT2D eigenvalue weighted by molar-refractivity contribution is 5.65. The number of rotatable bonds is 7. The van der Waals surface area contributed by atoms with Crippen LogP contribution in [-0.2, 0) is 13.6 Å². The Labute approximate surface area is 128 Å². The predicted octanol–water partition coefficient (Wildman–Crippen LogP) is 0.524. The van der Waals surface area contributed by atoms with E-state index in [2.05, 4.69) is 9.88 Å². The number of hydrogen-bond acceptors (Lipinski definition) is 5. The number of nitrogens with zero attached hydrogens (tertiary/aromatic N) is 2. The first-order valence-corrected chi connectivity index (χ1v) is 7.18. The third kappa shape index (κ3) is 3.25. The van der Waals surface area contributed by atoms with Crippen LogP contribution >= 0.6 is 0 Å². The molecule has 1 aromatic heterocycles. The molecule has 0 bridgehead atoms. The molecule has 22 heavy (non-hydrogen) atoms. The predicted molar refractivity (Wildman–Crippen MR) is 79.2 cm³/mol. The van der Waals surface area contributed by atoms with Gasteiger partial charge in [-0.1, -0.05) is 0 Å². The first-order valence-electron chi connectivity index (χ1n) is 7.18. The van der Waals surface area contributed by atoms with Crippen LogP contribution in [0.3, 0.4) is 0 Å². The Kier molecular flexibility index (Phi) is 4.34. The number of fused-ring (bicyclic) bond motifs is 1. The second-order valence-corrected chi connectivity index (χ2v) is 5.02. The van der Waals surface area contributed by atoms with Gasteiger partial charge in [-0.2, -0.15) is 0 Å². The van der Waals surface area contributed by atoms with Crippen LogP contribution in [0.15, 0.2) is 30.9 Å². The van der Waals surface area contributed by atoms with Crippen molar-refractivity contribution in [3.8, 4) is 17.2 Å². The molecule has 118 valence electrons. The van der Waals surface area contributed by atoms with Crippen LogP contribution in [0.1, 0.15) is 0 Å². The minimum Gasteiger partial charge on any atom is -0.489 e. The zero-order valence-corrected chi connectivity index (χ0v) is 12.5. The molecule has 0 spiro atoms. The molecule has 0 fully saturated rings. The number of aryl methyl sites for hydroxylation is 1. The summed E-state index contributed by atoms with van der Waals surface area (Å²) in [5, 5.41) is 12.3. The van der Waals surface area contributed by atoms with Gasteiger partial charge in [-0.25, -0.2) is 9.13 Å². The van der Waals surface area contributed by atoms with Crippen LogP contribution in [0.4, 0.5) is 5.69 Å². The van der Waals surface area contributed by atoms with Gasteiger partial charge >= 0.3 is 0 Å². The SMILES string of the molecule is C[n+]1ccn(CCNc2cc3c(cc2OCCO)OCO3)c1. The van der Waals surface area contributed by atoms with Crippen molar-refractivity contribution in [3.05, 3.63) is 30.9 Å². The monoisotopic (exact) mass is 306 g/mol. The van der Waals surface area contributed by atoms with E-state index in [0.717, 1.165) is 18.8 Å². The molecule has 1 aliphatic rings. The van der Waals surface area contributed by atoms with Gasteiger partial charge < -0.3 is 24.6 Å². The standard InChI is InChI=1S/C15H20N3O4/c1-17-4-5-18(10-17)3-2-16-12-8-14-15(22-11-21-14)9-13(12)20-7-6-19/h4-5,8-10,16,19H,2-3,6-7,11H2,1H3/q+1. The van der Waals surface area contributed by atoms with Gasteiger partial charge in [0.2, 0.25) is 13.1 Å². The molecule has 0 amide bonds. The van der Waals surface area contributed by atoms with Gasteiger partial charge in [0.05, 0.1) is 25.9 Å². The molecule has 0 aliphatic carbocycles. The summed E-state index contributed by atoms with van der Waals surface area (Å²) in [6.45, 7) is 1.99. The van der Waals surface area contributed by atoms with Crippen molar-refractivity contribution in [1.82, 2.24) is 4.57 Å². The zero-order chi connectivity index (χ0) is 15.4. The average molecular weight is 306 g/mol. The number of aliphatic hydroxyl groups excluding tert-OH is 1. The topological polar surface area (TPSA) is 68.8 Å². The highest BCUT2D eigenvalue weighted by Crippen LogP contribution is 2.40. The molecule has 2 heterocycles. The fourth-order valence-corrected chi connectivity index (χ4v) is 2.29. The van der Waals surface area contributed by atoms with Crippen molar-refractivity contribution in [2.75, 3.05) is 31.9 Å². The van der Waals surface area contributed by atoms with E-state index >= 15 is 0 Å². The van der Waals surface area contributed by atoms with E-state index in [0.29, 0.717) is 17.2 Å². The first kappa shape index (κ1) is 14.5. The van der Waals surface area contributed by atoms with Crippen LogP contribution < -0.4 is 24.1 Å². The maximum Gasteiger partial charge on any atom is 0.243 e. The van der Waals surface area contributed by atoms with E-state index < -0.39 is 0 Å². The van der Waals surface area contributed by atoms with Gasteiger partial charge in [-0.3, -0.25) is 0 Å². The molecule has 2 N–H and O–H groups in total. The fourth-order valence-electron chi connectivity index (χ4n) is 2.29. The van der Waals surface area contributed by atoms with E-state index in [9.17, 15) is 0 Å². The molecule has 7 heteroatoms. The number of nitrogens with one attached hydrogen (secondary N) is 1. The molecular weight excluding hydrogens is 286 g/mol. The minimum atomic E-state index is -0.0340. The maximum atomic E-state index is 8.93. The summed E-state index contributed by atoms with van der Waals surface area (Å²) in [6.07, 6.45) is 6.03. The summed E-state index contributed by atoms with van der Waals surface area (Å²) in [4.78, 5) is 0. The summed E-state index contributed by atoms with van der Waals surface area (Å²) < 4.78 is 20.4. The van der Waals surface area contributed by atoms with E-state index in [1.165, 1.54) is 0 Å². The van der Waals surface area contributed by atoms with Crippen LogP contribution in [0.5, 0.6) is 17.2 Å². The Morgan fingerprint density at radius 1 is 1.36 bits per heavy atom. The molecule has 0 atom stereocenters. The number of ether oxygens (including phenoxy) is 3. The molecule has 1 aliphatic heterocycles. The Bertz CT molecular complexity index is 642. The third-order valence-corrected chi connectivity index (χ3v) is 3.33. The molecule has 7 nitrogen and oxygen atoms in total. The lowest BCUT2D eigenvalue weighted by Crippen LogP contribution is -2.24. The number of anilines is 1. The van der Waals surface area contributed by atoms with E-state index in [1.54, 1.807) is 6.07 Å². The first-order chi connectivity index (χ1) is 10.8. The third-order valence-electron chi connectivity index (χ3n) is 3.33. The van der Waals surface area contributed by atoms with Gasteiger partial charge in [0, 0.05) is 12.1 Å². The molecule has 1 aromatic carbocycles. The van der Waals surface area contributed by atoms with Crippen molar-refractivity contribution >= 4 is 5.69 Å². The Balaban J connectivity index is 1.68. The van der Waals surface area contributed by atoms with E-state index in [-0.39, 0.29) is 20.0 Å². The number of benzene rings is 1. The Hall–Kier alpha value is -2.41. The summed E-state index contributed by atoms with van der Waals surface area (Å²) in [5.74, 6) is 2.01. The highest BCUT2D eigenvalue weighted by Gasteiger charge is 2.18. The number of imidazole rings is 1. The van der Waals surface area contributed by atoms with Gasteiger partial charge in [0.1, 0.15) is 31.3 Å². The Morgan fingerprint density at radius 2 is 2.18 bits per heavy atom. The van der Waals surface area contributed by atoms with Crippen LogP contribution in [-0.4, -0.2) is 36.2 Å². The van der Waals surface area contributed by atoms with Crippen molar-refractivity contribution in [1.29, 1.82) is 0 Å². The summed E-state index contributed by atoms with van der Waals surface area (Å²) >= 11 is 0. The van der Waals surface area contributed by atoms with Crippen LogP contribution in [0, 0.1) is 0 Å². The van der Waals surface area contributed by atoms with Crippen molar-refractivity contribution in [2.24, 2.45) is 7.05 Å². The van der Waals surface area contributed by atoms with Crippen molar-refractivity contribution in [2.45, 2.75) is 6.54 Å². The maximum absolute atomic E-state index is 8.93. The number of aromatic nitrogens is 2. The normalized spacial score (nSPS) is 12.5. The summed E-state index contributed by atoms with van der Waals surface area (Å²) in [6, 6.07) is 3.65. The average Bonchev–Trinajstić information content (AvgIpc) is 3.13. The Morgan fingerprint density at radius 3 is 2.91 bits per heavy atom. The molecular formula is C15H20N3O4+. The van der Waals surface area contributed by atoms with Gasteiger partial charge in [0.15, 0.2) is 11.5 Å². The summed E-state index contributed by atoms with van der Waals surface area (Å²) in [7, 11) is 1.99. The smallest absolute Gasteiger partial charge is 0.243 e. The lowest BCUT2D eigenvalue weighted by molar-refractivity contribution is -0.671. The van der Waals surface area contributed by atoms with Gasteiger partial charge in [-0.05, 0) is 0 Å². The second-order valence-electron chi connectivity index (χ2n) is 5.02. The summed E-state index contributed by atoms with van der Waals surface area (Å²) in [5.41, 5.74) is 0.828. The largest absolute Gasteiger partial charge is 0.489 e. The lowest BCUT2D eigenvalue weighted by atomic mass is 10.2. The van der Waals surface area contributed by atoms with Gasteiger partial charge in [-0.15, -0.1) is 0 Å². The molecule has 0 unspecified atom stereocenters. The highest BCUT2D eigenvalue weighted by atomic mass is 16.7. The lowest BCUT2D eigenvalue weighted by Gasteiger charge is -2.13. The molecule has 0 radical (unpaired) electrons. The number of aliphatic hydroxyl groups is 1. The van der Waals surface area contributed by atoms with Crippen molar-refractivity contribution < 1.29 is 23.9 Å². The van der Waals surface area contributed by atoms with E-state index in [1.807, 2.05) is 36.4 Å². The van der Waals surface area contributed by atoms with Gasteiger partial charge in [0.25, 0.3) is 0 Å². The van der Waals surface area contributed by atoms with Crippen LogP contribution in [0.25, 0.3) is 0 Å². The zero-order valence-electron chi connectivity index (χ0n) is 12.5. The van der Waals surface area contributed by atoms with E-state index in [4.69, 9.17) is 19.3 Å². The molecule has 0 saturated carbocycles. The number of hydrogen-bond donors (Lipinski definition) is 2. The second kappa shape index (κ2) is 6.57. The molecule has 3 rings (SSSR count). The van der Waals surface area contributed by atoms with Crippen LogP contribution in [0.2, 0.25) is 0 Å². The fraction of sp³-hybridized carbons (Fsp3) is 0.400. The van der Waals surface area contributed by atoms with Crippen molar-refractivity contribution in [3.63, 3.8) is 0 Å². The minimum absolute atomic E-state index is 0.0340. The molecule has 0 saturated heterocycles. The molecule has 2 aromatic rings. The quantitative estimate of drug-likeness (QED) is 0.730.